The first kappa shape index (κ1) is 22.9. The summed E-state index contributed by atoms with van der Waals surface area (Å²) in [5.74, 6) is -0.333. The lowest BCUT2D eigenvalue weighted by atomic mass is 9.37. The summed E-state index contributed by atoms with van der Waals surface area (Å²) in [6, 6.07) is 9.12. The maximum absolute atomic E-state index is 13.3. The molecule has 8 atom stereocenters. The fourth-order valence-corrected chi connectivity index (χ4v) is 9.08. The number of fused-ring (bicyclic) bond motifs is 2. The number of esters is 2. The first-order valence-corrected chi connectivity index (χ1v) is 12.6. The molecule has 4 aliphatic rings. The van der Waals surface area contributed by atoms with Crippen molar-refractivity contribution in [1.82, 2.24) is 0 Å². The number of aliphatic hydroxyl groups excluding tert-OH is 1. The molecule has 0 radical (unpaired) electrons. The second-order valence-electron chi connectivity index (χ2n) is 12.1. The second-order valence-corrected chi connectivity index (χ2v) is 12.1. The van der Waals surface area contributed by atoms with Gasteiger partial charge in [-0.3, -0.25) is 4.79 Å². The number of carbonyl (C=O) groups excluding carboxylic acids is 2. The van der Waals surface area contributed by atoms with Crippen molar-refractivity contribution in [2.75, 3.05) is 7.11 Å². The average molecular weight is 455 g/mol. The molecule has 1 aromatic carbocycles. The smallest absolute Gasteiger partial charge is 0.338 e. The fourth-order valence-electron chi connectivity index (χ4n) is 9.08. The number of hydrogen-bond acceptors (Lipinski definition) is 5. The van der Waals surface area contributed by atoms with E-state index in [1.165, 1.54) is 7.11 Å². The van der Waals surface area contributed by atoms with Crippen LogP contribution in [0.3, 0.4) is 0 Å². The first-order valence-electron chi connectivity index (χ1n) is 12.6. The molecule has 4 aliphatic carbocycles. The van der Waals surface area contributed by atoms with Gasteiger partial charge in [0.05, 0.1) is 24.2 Å². The molecule has 5 rings (SSSR count). The monoisotopic (exact) mass is 454 g/mol. The summed E-state index contributed by atoms with van der Waals surface area (Å²) in [4.78, 5) is 26.4. The first-order chi connectivity index (χ1) is 15.6. The highest BCUT2D eigenvalue weighted by Gasteiger charge is 2.73. The SMILES string of the molecule is COC(=O)[C@]1(C)CCC[C@@]2(C)[C@H]1[C@H](OC(=O)c1ccccc1)C[C@H]1C[C@@H](O)[C@@]3(C)CC[C@]12C3. The number of rotatable bonds is 3. The maximum atomic E-state index is 13.3. The van der Waals surface area contributed by atoms with Crippen molar-refractivity contribution in [1.29, 1.82) is 0 Å². The molecule has 4 saturated carbocycles. The Morgan fingerprint density at radius 2 is 1.73 bits per heavy atom. The normalized spacial score (nSPS) is 46.1. The zero-order valence-corrected chi connectivity index (χ0v) is 20.4. The molecule has 0 heterocycles. The van der Waals surface area contributed by atoms with Gasteiger partial charge in [-0.15, -0.1) is 0 Å². The van der Waals surface area contributed by atoms with E-state index < -0.39 is 5.41 Å². The Morgan fingerprint density at radius 3 is 2.42 bits per heavy atom. The minimum Gasteiger partial charge on any atom is -0.469 e. The molecule has 33 heavy (non-hydrogen) atoms. The largest absolute Gasteiger partial charge is 0.469 e. The number of benzene rings is 1. The van der Waals surface area contributed by atoms with E-state index in [-0.39, 0.29) is 52.2 Å². The highest BCUT2D eigenvalue weighted by atomic mass is 16.5. The predicted molar refractivity (Wildman–Crippen MR) is 124 cm³/mol. The molecule has 0 saturated heterocycles. The highest BCUT2D eigenvalue weighted by Crippen LogP contribution is 2.76. The van der Waals surface area contributed by atoms with Gasteiger partial charge in [0.25, 0.3) is 0 Å². The topological polar surface area (TPSA) is 72.8 Å². The molecule has 180 valence electrons. The van der Waals surface area contributed by atoms with Crippen LogP contribution in [0.2, 0.25) is 0 Å². The Morgan fingerprint density at radius 1 is 1.00 bits per heavy atom. The van der Waals surface area contributed by atoms with Crippen molar-refractivity contribution in [3.05, 3.63) is 35.9 Å². The third-order valence-electron chi connectivity index (χ3n) is 10.7. The lowest BCUT2D eigenvalue weighted by Gasteiger charge is -2.67. The van der Waals surface area contributed by atoms with Gasteiger partial charge in [0, 0.05) is 5.92 Å². The summed E-state index contributed by atoms with van der Waals surface area (Å²) in [6.07, 6.45) is 6.60. The van der Waals surface area contributed by atoms with E-state index in [0.717, 1.165) is 44.9 Å². The summed E-state index contributed by atoms with van der Waals surface area (Å²) in [5, 5.41) is 11.1. The summed E-state index contributed by atoms with van der Waals surface area (Å²) in [7, 11) is 1.47. The molecule has 0 aromatic heterocycles. The standard InChI is InChI=1S/C28H38O5/c1-25-13-14-28(17-25)19(16-21(25)29)15-20(33-23(30)18-9-6-5-7-10-18)22-26(2,24(31)32-4)11-8-12-27(22,28)3/h5-7,9-10,19-22,29H,8,11-17H2,1-4H3/t19-,20+,21+,22-,25-,26+,27-,28-/m0/s1. The Balaban J connectivity index is 1.59. The molecule has 0 aliphatic heterocycles. The molecule has 0 amide bonds. The lowest BCUT2D eigenvalue weighted by Crippen LogP contribution is -2.66. The number of hydrogen-bond donors (Lipinski definition) is 1. The van der Waals surface area contributed by atoms with Crippen LogP contribution in [0, 0.1) is 33.5 Å². The van der Waals surface area contributed by atoms with Gasteiger partial charge in [-0.05, 0) is 86.2 Å². The van der Waals surface area contributed by atoms with E-state index in [1.54, 1.807) is 12.1 Å². The van der Waals surface area contributed by atoms with E-state index in [2.05, 4.69) is 13.8 Å². The van der Waals surface area contributed by atoms with E-state index in [4.69, 9.17) is 9.47 Å². The van der Waals surface area contributed by atoms with Gasteiger partial charge in [-0.25, -0.2) is 4.79 Å². The van der Waals surface area contributed by atoms with Crippen LogP contribution >= 0.6 is 0 Å². The fraction of sp³-hybridized carbons (Fsp3) is 0.714. The third-order valence-corrected chi connectivity index (χ3v) is 10.7. The molecule has 5 nitrogen and oxygen atoms in total. The molecule has 4 fully saturated rings. The van der Waals surface area contributed by atoms with E-state index in [1.807, 2.05) is 25.1 Å². The van der Waals surface area contributed by atoms with Gasteiger partial charge in [-0.2, -0.15) is 0 Å². The van der Waals surface area contributed by atoms with Crippen molar-refractivity contribution >= 4 is 11.9 Å². The van der Waals surface area contributed by atoms with Gasteiger partial charge in [0.1, 0.15) is 6.10 Å². The van der Waals surface area contributed by atoms with Crippen molar-refractivity contribution < 1.29 is 24.2 Å². The maximum Gasteiger partial charge on any atom is 0.338 e. The van der Waals surface area contributed by atoms with Crippen LogP contribution < -0.4 is 0 Å². The summed E-state index contributed by atoms with van der Waals surface area (Å²) in [6.45, 7) is 6.63. The minimum absolute atomic E-state index is 0.0588. The number of carbonyl (C=O) groups is 2. The Bertz CT molecular complexity index is 945. The zero-order valence-electron chi connectivity index (χ0n) is 20.4. The van der Waals surface area contributed by atoms with E-state index in [0.29, 0.717) is 12.0 Å². The molecule has 5 heteroatoms. The van der Waals surface area contributed by atoms with Gasteiger partial charge in [0.15, 0.2) is 0 Å². The van der Waals surface area contributed by atoms with Gasteiger partial charge in [-0.1, -0.05) is 38.5 Å². The molecule has 0 unspecified atom stereocenters. The van der Waals surface area contributed by atoms with Gasteiger partial charge < -0.3 is 14.6 Å². The van der Waals surface area contributed by atoms with Crippen LogP contribution in [0.4, 0.5) is 0 Å². The van der Waals surface area contributed by atoms with Crippen LogP contribution in [-0.4, -0.2) is 36.4 Å². The highest BCUT2D eigenvalue weighted by molar-refractivity contribution is 5.89. The van der Waals surface area contributed by atoms with Crippen LogP contribution in [0.1, 0.15) is 82.5 Å². The van der Waals surface area contributed by atoms with Crippen LogP contribution in [0.25, 0.3) is 0 Å². The minimum atomic E-state index is -0.696. The second kappa shape index (κ2) is 7.56. The molecular formula is C28H38O5. The van der Waals surface area contributed by atoms with Crippen molar-refractivity contribution in [2.45, 2.75) is 84.3 Å². The van der Waals surface area contributed by atoms with Crippen LogP contribution in [0.15, 0.2) is 30.3 Å². The predicted octanol–water partition coefficient (Wildman–Crippen LogP) is 5.16. The van der Waals surface area contributed by atoms with Gasteiger partial charge in [0.2, 0.25) is 0 Å². The summed E-state index contributed by atoms with van der Waals surface area (Å²) in [5.41, 5.74) is -0.310. The van der Waals surface area contributed by atoms with Crippen LogP contribution in [-0.2, 0) is 14.3 Å². The third kappa shape index (κ3) is 3.07. The van der Waals surface area contributed by atoms with Crippen molar-refractivity contribution in [2.24, 2.45) is 33.5 Å². The van der Waals surface area contributed by atoms with E-state index in [9.17, 15) is 14.7 Å². The number of methoxy groups -OCH3 is 1. The van der Waals surface area contributed by atoms with Crippen molar-refractivity contribution in [3.8, 4) is 0 Å². The zero-order chi connectivity index (χ0) is 23.6. The molecule has 1 aromatic rings. The van der Waals surface area contributed by atoms with E-state index >= 15 is 0 Å². The Hall–Kier alpha value is -1.88. The lowest BCUT2D eigenvalue weighted by molar-refractivity contribution is -0.234. The Labute approximate surface area is 197 Å². The molecule has 2 bridgehead atoms. The number of ether oxygens (including phenoxy) is 2. The van der Waals surface area contributed by atoms with Crippen LogP contribution in [0.5, 0.6) is 0 Å². The molecular weight excluding hydrogens is 416 g/mol. The average Bonchev–Trinajstić information content (AvgIpc) is 3.13. The Kier molecular flexibility index (Phi) is 5.24. The summed E-state index contributed by atoms with van der Waals surface area (Å²) < 4.78 is 11.6. The van der Waals surface area contributed by atoms with Crippen molar-refractivity contribution in [3.63, 3.8) is 0 Å². The van der Waals surface area contributed by atoms with Gasteiger partial charge >= 0.3 is 11.9 Å². The quantitative estimate of drug-likeness (QED) is 0.639. The summed E-state index contributed by atoms with van der Waals surface area (Å²) >= 11 is 0. The molecule has 1 spiro atoms. The molecule has 1 N–H and O–H groups in total. The number of aliphatic hydroxyl groups is 1.